The lowest BCUT2D eigenvalue weighted by molar-refractivity contribution is -0.124. The molecule has 1 N–H and O–H groups in total. The van der Waals surface area contributed by atoms with E-state index < -0.39 is 0 Å². The van der Waals surface area contributed by atoms with Gasteiger partial charge in [0.15, 0.2) is 0 Å². The number of rotatable bonds is 5. The fraction of sp³-hybridized carbons (Fsp3) is 0.500. The Hall–Kier alpha value is -1.35. The van der Waals surface area contributed by atoms with Crippen LogP contribution in [0.15, 0.2) is 30.3 Å². The maximum Gasteiger partial charge on any atom is 0.222 e. The van der Waals surface area contributed by atoms with Crippen molar-refractivity contribution in [2.24, 2.45) is 5.92 Å². The van der Waals surface area contributed by atoms with E-state index in [1.54, 1.807) is 0 Å². The number of amides is 1. The van der Waals surface area contributed by atoms with Crippen LogP contribution < -0.4 is 5.32 Å². The molecule has 0 bridgehead atoms. The summed E-state index contributed by atoms with van der Waals surface area (Å²) in [6, 6.07) is 10.5. The minimum absolute atomic E-state index is 0.0357. The summed E-state index contributed by atoms with van der Waals surface area (Å²) in [5.41, 5.74) is 1.22. The Morgan fingerprint density at radius 2 is 1.82 bits per heavy atom. The molecule has 0 heterocycles. The smallest absolute Gasteiger partial charge is 0.222 e. The maximum absolute atomic E-state index is 11.6. The van der Waals surface area contributed by atoms with Crippen molar-refractivity contribution in [1.82, 2.24) is 10.2 Å². The summed E-state index contributed by atoms with van der Waals surface area (Å²) < 4.78 is 0. The van der Waals surface area contributed by atoms with Gasteiger partial charge in [0.05, 0.1) is 6.04 Å². The van der Waals surface area contributed by atoms with Crippen LogP contribution in [0.1, 0.15) is 25.5 Å². The van der Waals surface area contributed by atoms with Gasteiger partial charge in [0.1, 0.15) is 0 Å². The van der Waals surface area contributed by atoms with Crippen molar-refractivity contribution >= 4 is 5.91 Å². The minimum atomic E-state index is 0.0357. The Morgan fingerprint density at radius 1 is 1.24 bits per heavy atom. The van der Waals surface area contributed by atoms with Gasteiger partial charge in [-0.25, -0.2) is 0 Å². The molecule has 3 heteroatoms. The van der Waals surface area contributed by atoms with Crippen molar-refractivity contribution < 1.29 is 4.79 Å². The first-order valence-electron chi connectivity index (χ1n) is 6.01. The highest BCUT2D eigenvalue weighted by Gasteiger charge is 2.15. The zero-order valence-electron chi connectivity index (χ0n) is 11.1. The van der Waals surface area contributed by atoms with Gasteiger partial charge in [-0.15, -0.1) is 0 Å². The molecule has 1 aromatic carbocycles. The number of hydrogen-bond donors (Lipinski definition) is 1. The van der Waals surface area contributed by atoms with Gasteiger partial charge in [-0.1, -0.05) is 44.2 Å². The Balaban J connectivity index is 2.66. The molecule has 1 rings (SSSR count). The van der Waals surface area contributed by atoms with Gasteiger partial charge in [0, 0.05) is 12.5 Å². The van der Waals surface area contributed by atoms with Gasteiger partial charge in [0.2, 0.25) is 5.91 Å². The van der Waals surface area contributed by atoms with E-state index in [1.807, 2.05) is 46.1 Å². The highest BCUT2D eigenvalue weighted by molar-refractivity contribution is 5.77. The van der Waals surface area contributed by atoms with Crippen LogP contribution in [0.4, 0.5) is 0 Å². The Kier molecular flexibility index (Phi) is 5.16. The van der Waals surface area contributed by atoms with Crippen molar-refractivity contribution in [3.05, 3.63) is 35.9 Å². The topological polar surface area (TPSA) is 32.3 Å². The molecule has 0 aliphatic carbocycles. The summed E-state index contributed by atoms with van der Waals surface area (Å²) in [4.78, 5) is 13.7. The van der Waals surface area contributed by atoms with E-state index in [0.29, 0.717) is 6.54 Å². The second-order valence-corrected chi connectivity index (χ2v) is 4.79. The number of carbonyl (C=O) groups is 1. The zero-order chi connectivity index (χ0) is 12.8. The van der Waals surface area contributed by atoms with E-state index in [4.69, 9.17) is 0 Å². The highest BCUT2D eigenvalue weighted by Crippen LogP contribution is 2.16. The Bertz CT molecular complexity index is 346. The van der Waals surface area contributed by atoms with E-state index in [2.05, 4.69) is 22.3 Å². The van der Waals surface area contributed by atoms with Gasteiger partial charge >= 0.3 is 0 Å². The predicted octanol–water partition coefficient (Wildman–Crippen LogP) is 2.06. The van der Waals surface area contributed by atoms with Crippen LogP contribution in [0.25, 0.3) is 0 Å². The molecule has 1 aromatic rings. The van der Waals surface area contributed by atoms with Crippen LogP contribution in [-0.2, 0) is 4.79 Å². The molecule has 0 aromatic heterocycles. The standard InChI is InChI=1S/C14H22N2O/c1-11(2)14(17)15-10-13(16(3)4)12-8-6-5-7-9-12/h5-9,11,13H,10H2,1-4H3,(H,15,17). The first kappa shape index (κ1) is 13.7. The van der Waals surface area contributed by atoms with Crippen molar-refractivity contribution in [1.29, 1.82) is 0 Å². The third-order valence-electron chi connectivity index (χ3n) is 2.80. The first-order valence-corrected chi connectivity index (χ1v) is 6.01. The van der Waals surface area contributed by atoms with E-state index in [9.17, 15) is 4.79 Å². The van der Waals surface area contributed by atoms with Crippen molar-refractivity contribution in [2.45, 2.75) is 19.9 Å². The van der Waals surface area contributed by atoms with Crippen LogP contribution in [0.2, 0.25) is 0 Å². The van der Waals surface area contributed by atoms with Crippen molar-refractivity contribution in [2.75, 3.05) is 20.6 Å². The number of nitrogens with one attached hydrogen (secondary N) is 1. The monoisotopic (exact) mass is 234 g/mol. The van der Waals surface area contributed by atoms with E-state index in [-0.39, 0.29) is 17.9 Å². The minimum Gasteiger partial charge on any atom is -0.354 e. The SMILES string of the molecule is CC(C)C(=O)NCC(c1ccccc1)N(C)C. The second-order valence-electron chi connectivity index (χ2n) is 4.79. The molecule has 0 radical (unpaired) electrons. The summed E-state index contributed by atoms with van der Waals surface area (Å²) in [5, 5.41) is 2.98. The normalized spacial score (nSPS) is 12.8. The molecule has 0 aliphatic heterocycles. The first-order chi connectivity index (χ1) is 8.02. The largest absolute Gasteiger partial charge is 0.354 e. The number of likely N-dealkylation sites (N-methyl/N-ethyl adjacent to an activating group) is 1. The van der Waals surface area contributed by atoms with Crippen LogP contribution in [0.3, 0.4) is 0 Å². The van der Waals surface area contributed by atoms with Crippen molar-refractivity contribution in [3.8, 4) is 0 Å². The van der Waals surface area contributed by atoms with Crippen LogP contribution in [0.5, 0.6) is 0 Å². The molecule has 0 aliphatic rings. The summed E-state index contributed by atoms with van der Waals surface area (Å²) >= 11 is 0. The van der Waals surface area contributed by atoms with Gasteiger partial charge in [-0.05, 0) is 19.7 Å². The van der Waals surface area contributed by atoms with Gasteiger partial charge in [-0.3, -0.25) is 4.79 Å². The van der Waals surface area contributed by atoms with Crippen molar-refractivity contribution in [3.63, 3.8) is 0 Å². The average molecular weight is 234 g/mol. The predicted molar refractivity (Wildman–Crippen MR) is 70.7 cm³/mol. The summed E-state index contributed by atoms with van der Waals surface area (Å²) in [5.74, 6) is 0.140. The number of carbonyl (C=O) groups excluding carboxylic acids is 1. The molecule has 17 heavy (non-hydrogen) atoms. The van der Waals surface area contributed by atoms with Crippen LogP contribution >= 0.6 is 0 Å². The molecular weight excluding hydrogens is 212 g/mol. The van der Waals surface area contributed by atoms with E-state index >= 15 is 0 Å². The maximum atomic E-state index is 11.6. The molecular formula is C14H22N2O. The zero-order valence-corrected chi connectivity index (χ0v) is 11.1. The molecule has 1 amide bonds. The number of hydrogen-bond acceptors (Lipinski definition) is 2. The summed E-state index contributed by atoms with van der Waals surface area (Å²) in [6.07, 6.45) is 0. The fourth-order valence-electron chi connectivity index (χ4n) is 1.68. The molecule has 0 saturated carbocycles. The quantitative estimate of drug-likeness (QED) is 0.846. The lowest BCUT2D eigenvalue weighted by Gasteiger charge is -2.25. The summed E-state index contributed by atoms with van der Waals surface area (Å²) in [6.45, 7) is 4.46. The third kappa shape index (κ3) is 4.19. The Morgan fingerprint density at radius 3 is 2.29 bits per heavy atom. The van der Waals surface area contributed by atoms with Gasteiger partial charge in [0.25, 0.3) is 0 Å². The summed E-state index contributed by atoms with van der Waals surface area (Å²) in [7, 11) is 4.05. The third-order valence-corrected chi connectivity index (χ3v) is 2.80. The molecule has 1 unspecified atom stereocenters. The molecule has 0 spiro atoms. The van der Waals surface area contributed by atoms with E-state index in [0.717, 1.165) is 0 Å². The van der Waals surface area contributed by atoms with Gasteiger partial charge in [-0.2, -0.15) is 0 Å². The molecule has 0 fully saturated rings. The average Bonchev–Trinajstić information content (AvgIpc) is 2.29. The van der Waals surface area contributed by atoms with E-state index in [1.165, 1.54) is 5.56 Å². The van der Waals surface area contributed by atoms with Gasteiger partial charge < -0.3 is 10.2 Å². The lowest BCUT2D eigenvalue weighted by Crippen LogP contribution is -2.36. The molecule has 0 saturated heterocycles. The molecule has 1 atom stereocenters. The number of nitrogens with zero attached hydrogens (tertiary/aromatic N) is 1. The van der Waals surface area contributed by atoms with Crippen LogP contribution in [0, 0.1) is 5.92 Å². The highest BCUT2D eigenvalue weighted by atomic mass is 16.1. The number of benzene rings is 1. The van der Waals surface area contributed by atoms with Crippen LogP contribution in [-0.4, -0.2) is 31.4 Å². The molecule has 3 nitrogen and oxygen atoms in total. The second kappa shape index (κ2) is 6.40. The molecule has 94 valence electrons. The Labute approximate surface area is 104 Å². The fourth-order valence-corrected chi connectivity index (χ4v) is 1.68. The lowest BCUT2D eigenvalue weighted by atomic mass is 10.1.